The summed E-state index contributed by atoms with van der Waals surface area (Å²) in [5.41, 5.74) is 0. The summed E-state index contributed by atoms with van der Waals surface area (Å²) in [6, 6.07) is 0. The van der Waals surface area contributed by atoms with Gasteiger partial charge in [-0.25, -0.2) is 0 Å². The van der Waals surface area contributed by atoms with Crippen LogP contribution in [0.3, 0.4) is 0 Å². The number of nitrogens with one attached hydrogen (secondary N) is 1. The van der Waals surface area contributed by atoms with Crippen LogP contribution >= 0.6 is 0 Å². The molecule has 0 atom stereocenters. The first-order valence-corrected chi connectivity index (χ1v) is 4.05. The lowest BCUT2D eigenvalue weighted by Crippen LogP contribution is -2.23. The van der Waals surface area contributed by atoms with Crippen LogP contribution in [0.15, 0.2) is 0 Å². The molecular formula is C8H21NO. The zero-order valence-electron chi connectivity index (χ0n) is 7.31. The fourth-order valence-corrected chi connectivity index (χ4v) is 0.679. The quantitative estimate of drug-likeness (QED) is 0.575. The first-order valence-electron chi connectivity index (χ1n) is 4.05. The molecule has 2 nitrogen and oxygen atoms in total. The van der Waals surface area contributed by atoms with Gasteiger partial charge in [0.05, 0.1) is 6.61 Å². The Hall–Kier alpha value is -0.0800. The van der Waals surface area contributed by atoms with Gasteiger partial charge in [-0.2, -0.15) is 0 Å². The normalized spacial score (nSPS) is 10.8. The lowest BCUT2D eigenvalue weighted by molar-refractivity contribution is 0.148. The molecule has 0 rings (SSSR count). The van der Waals surface area contributed by atoms with Crippen LogP contribution in [-0.2, 0) is 4.74 Å². The monoisotopic (exact) mass is 147 g/mol. The van der Waals surface area contributed by atoms with E-state index in [0.29, 0.717) is 0 Å². The molecule has 0 heterocycles. The van der Waals surface area contributed by atoms with Gasteiger partial charge in [-0.05, 0) is 19.4 Å². The van der Waals surface area contributed by atoms with Crippen molar-refractivity contribution in [1.82, 2.24) is 5.32 Å². The zero-order chi connectivity index (χ0) is 7.82. The van der Waals surface area contributed by atoms with Crippen molar-refractivity contribution < 1.29 is 6.16 Å². The van der Waals surface area contributed by atoms with E-state index in [1.807, 2.05) is 6.92 Å². The molecule has 0 amide bonds. The van der Waals surface area contributed by atoms with Crippen LogP contribution in [0.1, 0.15) is 22.2 Å². The van der Waals surface area contributed by atoms with Crippen molar-refractivity contribution in [2.24, 2.45) is 5.92 Å². The van der Waals surface area contributed by atoms with E-state index in [1.165, 1.54) is 0 Å². The molecule has 1 N–H and O–H groups in total. The first-order chi connectivity index (χ1) is 4.77. The third-order valence-electron chi connectivity index (χ3n) is 1.18. The Labute approximate surface area is 65.4 Å². The van der Waals surface area contributed by atoms with Gasteiger partial charge >= 0.3 is 0 Å². The van der Waals surface area contributed by atoms with Crippen LogP contribution in [-0.4, -0.2) is 26.3 Å². The number of hydrogen-bond donors (Lipinski definition) is 1. The number of ether oxygens (including phenoxy) is 1. The van der Waals surface area contributed by atoms with Gasteiger partial charge < -0.3 is 10.1 Å². The fraction of sp³-hybridized carbons (Fsp3) is 1.00. The van der Waals surface area contributed by atoms with Gasteiger partial charge in [0.2, 0.25) is 0 Å². The molecule has 0 saturated heterocycles. The van der Waals surface area contributed by atoms with Gasteiger partial charge in [0.25, 0.3) is 0 Å². The van der Waals surface area contributed by atoms with Crippen LogP contribution < -0.4 is 5.32 Å². The Morgan fingerprint density at radius 3 is 2.70 bits per heavy atom. The smallest absolute Gasteiger partial charge is 0.0590 e. The second kappa shape index (κ2) is 7.03. The Morgan fingerprint density at radius 2 is 2.20 bits per heavy atom. The maximum Gasteiger partial charge on any atom is 0.0590 e. The maximum absolute atomic E-state index is 5.15. The lowest BCUT2D eigenvalue weighted by Gasteiger charge is -2.06. The van der Waals surface area contributed by atoms with Gasteiger partial charge in [-0.1, -0.05) is 13.8 Å². The molecule has 0 aliphatic heterocycles. The minimum absolute atomic E-state index is 0. The van der Waals surface area contributed by atoms with E-state index in [-0.39, 0.29) is 1.43 Å². The molecule has 2 heteroatoms. The SMILES string of the molecule is CCOCCNCC(C)C.[HH]. The average molecular weight is 147 g/mol. The number of hydrogen-bond acceptors (Lipinski definition) is 2. The minimum Gasteiger partial charge on any atom is -0.380 e. The summed E-state index contributed by atoms with van der Waals surface area (Å²) < 4.78 is 5.15. The summed E-state index contributed by atoms with van der Waals surface area (Å²) in [6.45, 7) is 10.1. The molecule has 0 bridgehead atoms. The molecular weight excluding hydrogens is 126 g/mol. The topological polar surface area (TPSA) is 21.3 Å². The molecule has 0 unspecified atom stereocenters. The van der Waals surface area contributed by atoms with Crippen molar-refractivity contribution in [2.45, 2.75) is 20.8 Å². The summed E-state index contributed by atoms with van der Waals surface area (Å²) >= 11 is 0. The van der Waals surface area contributed by atoms with Crippen molar-refractivity contribution >= 4 is 0 Å². The third kappa shape index (κ3) is 7.92. The van der Waals surface area contributed by atoms with Crippen molar-refractivity contribution in [3.8, 4) is 0 Å². The molecule has 0 radical (unpaired) electrons. The Bertz CT molecular complexity index is 69.1. The van der Waals surface area contributed by atoms with Crippen molar-refractivity contribution in [1.29, 1.82) is 0 Å². The average Bonchev–Trinajstić information content (AvgIpc) is 1.87. The predicted molar refractivity (Wildman–Crippen MR) is 46.3 cm³/mol. The Morgan fingerprint density at radius 1 is 1.50 bits per heavy atom. The summed E-state index contributed by atoms with van der Waals surface area (Å²) in [7, 11) is 0. The summed E-state index contributed by atoms with van der Waals surface area (Å²) in [5, 5.41) is 3.29. The van der Waals surface area contributed by atoms with Gasteiger partial charge in [-0.15, -0.1) is 0 Å². The van der Waals surface area contributed by atoms with E-state index in [1.54, 1.807) is 0 Å². The summed E-state index contributed by atoms with van der Waals surface area (Å²) in [5.74, 6) is 0.738. The fourth-order valence-electron chi connectivity index (χ4n) is 0.679. The highest BCUT2D eigenvalue weighted by Gasteiger charge is 1.90. The van der Waals surface area contributed by atoms with Gasteiger partial charge in [0.15, 0.2) is 0 Å². The zero-order valence-corrected chi connectivity index (χ0v) is 7.31. The molecule has 0 aromatic heterocycles. The highest BCUT2D eigenvalue weighted by Crippen LogP contribution is 1.85. The summed E-state index contributed by atoms with van der Waals surface area (Å²) in [4.78, 5) is 0. The van der Waals surface area contributed by atoms with Crippen molar-refractivity contribution in [2.75, 3.05) is 26.3 Å². The second-order valence-electron chi connectivity index (χ2n) is 2.79. The van der Waals surface area contributed by atoms with E-state index >= 15 is 0 Å². The lowest BCUT2D eigenvalue weighted by atomic mass is 10.2. The third-order valence-corrected chi connectivity index (χ3v) is 1.18. The van der Waals surface area contributed by atoms with Gasteiger partial charge in [0, 0.05) is 14.6 Å². The van der Waals surface area contributed by atoms with E-state index in [9.17, 15) is 0 Å². The van der Waals surface area contributed by atoms with Gasteiger partial charge in [-0.3, -0.25) is 0 Å². The predicted octanol–water partition coefficient (Wildman–Crippen LogP) is 1.51. The molecule has 0 aromatic carbocycles. The van der Waals surface area contributed by atoms with Crippen LogP contribution in [0.5, 0.6) is 0 Å². The molecule has 0 aliphatic carbocycles. The molecule has 0 aliphatic rings. The van der Waals surface area contributed by atoms with E-state index in [4.69, 9.17) is 4.74 Å². The van der Waals surface area contributed by atoms with Crippen LogP contribution in [0.2, 0.25) is 0 Å². The van der Waals surface area contributed by atoms with E-state index < -0.39 is 0 Å². The largest absolute Gasteiger partial charge is 0.380 e. The van der Waals surface area contributed by atoms with Crippen LogP contribution in [0, 0.1) is 5.92 Å². The molecule has 0 fully saturated rings. The Balaban J connectivity index is 0. The van der Waals surface area contributed by atoms with Crippen molar-refractivity contribution in [3.05, 3.63) is 0 Å². The van der Waals surface area contributed by atoms with Crippen molar-refractivity contribution in [3.63, 3.8) is 0 Å². The molecule has 0 aromatic rings. The standard InChI is InChI=1S/C8H19NO.H2/c1-4-10-6-5-9-7-8(2)3;/h8-9H,4-7H2,1-3H3;1H. The highest BCUT2D eigenvalue weighted by molar-refractivity contribution is 4.49. The van der Waals surface area contributed by atoms with Crippen LogP contribution in [0.4, 0.5) is 0 Å². The van der Waals surface area contributed by atoms with E-state index in [2.05, 4.69) is 19.2 Å². The Kier molecular flexibility index (Phi) is 6.98. The second-order valence-corrected chi connectivity index (χ2v) is 2.79. The highest BCUT2D eigenvalue weighted by atomic mass is 16.5. The maximum atomic E-state index is 5.15. The molecule has 10 heavy (non-hydrogen) atoms. The first kappa shape index (κ1) is 9.92. The van der Waals surface area contributed by atoms with E-state index in [0.717, 1.165) is 32.2 Å². The molecule has 64 valence electrons. The molecule has 0 spiro atoms. The van der Waals surface area contributed by atoms with Gasteiger partial charge in [0.1, 0.15) is 0 Å². The molecule has 0 saturated carbocycles. The number of rotatable bonds is 6. The summed E-state index contributed by atoms with van der Waals surface area (Å²) in [6.07, 6.45) is 0. The van der Waals surface area contributed by atoms with Crippen LogP contribution in [0.25, 0.3) is 0 Å². The minimum atomic E-state index is 0.